The average Bonchev–Trinajstić information content (AvgIpc) is 2.74. The fourth-order valence-corrected chi connectivity index (χ4v) is 3.39. The van der Waals surface area contributed by atoms with Crippen LogP contribution < -0.4 is 5.32 Å². The highest BCUT2D eigenvalue weighted by atomic mass is 16.5. The lowest BCUT2D eigenvalue weighted by Gasteiger charge is -2.34. The Morgan fingerprint density at radius 1 is 1.14 bits per heavy atom. The van der Waals surface area contributed by atoms with Crippen molar-refractivity contribution in [3.8, 4) is 0 Å². The van der Waals surface area contributed by atoms with Crippen molar-refractivity contribution in [1.82, 2.24) is 14.9 Å². The number of amides is 1. The summed E-state index contributed by atoms with van der Waals surface area (Å²) in [6, 6.07) is 7.21. The van der Waals surface area contributed by atoms with Crippen LogP contribution in [0.5, 0.6) is 0 Å². The lowest BCUT2D eigenvalue weighted by Crippen LogP contribution is -2.43. The van der Waals surface area contributed by atoms with Crippen molar-refractivity contribution in [2.75, 3.05) is 18.5 Å². The Bertz CT molecular complexity index is 805. The van der Waals surface area contributed by atoms with Gasteiger partial charge in [0.05, 0.1) is 24.6 Å². The Morgan fingerprint density at radius 3 is 2.57 bits per heavy atom. The highest BCUT2D eigenvalue weighted by Crippen LogP contribution is 2.21. The molecule has 1 aromatic heterocycles. The second-order valence-electron chi connectivity index (χ2n) is 6.77. The zero-order valence-corrected chi connectivity index (χ0v) is 16.4. The van der Waals surface area contributed by atoms with Crippen LogP contribution in [0.3, 0.4) is 0 Å². The van der Waals surface area contributed by atoms with Gasteiger partial charge in [-0.25, -0.2) is 14.8 Å². The number of likely N-dealkylation sites (tertiary alicyclic amines) is 1. The van der Waals surface area contributed by atoms with Crippen LogP contribution in [-0.4, -0.2) is 45.9 Å². The molecule has 2 heterocycles. The average molecular weight is 382 g/mol. The Morgan fingerprint density at radius 2 is 1.93 bits per heavy atom. The second-order valence-corrected chi connectivity index (χ2v) is 6.77. The minimum absolute atomic E-state index is 0.0515. The number of hydrogen-bond acceptors (Lipinski definition) is 6. The number of rotatable bonds is 6. The van der Waals surface area contributed by atoms with Gasteiger partial charge in [-0.3, -0.25) is 4.79 Å². The Hall–Kier alpha value is -2.96. The van der Waals surface area contributed by atoms with E-state index < -0.39 is 0 Å². The lowest BCUT2D eigenvalue weighted by molar-refractivity contribution is 0.0525. The van der Waals surface area contributed by atoms with Gasteiger partial charge >= 0.3 is 5.97 Å². The smallest absolute Gasteiger partial charge is 0.338 e. The molecule has 7 nitrogen and oxygen atoms in total. The van der Waals surface area contributed by atoms with Crippen LogP contribution in [0, 0.1) is 0 Å². The molecule has 1 aliphatic rings. The molecule has 1 amide bonds. The zero-order chi connectivity index (χ0) is 19.9. The Balaban J connectivity index is 1.64. The van der Waals surface area contributed by atoms with E-state index in [0.717, 1.165) is 31.5 Å². The maximum absolute atomic E-state index is 12.8. The van der Waals surface area contributed by atoms with E-state index in [-0.39, 0.29) is 11.9 Å². The van der Waals surface area contributed by atoms with E-state index in [9.17, 15) is 9.59 Å². The molecule has 1 unspecified atom stereocenters. The number of carbonyl (C=O) groups excluding carboxylic acids is 2. The first-order valence-corrected chi connectivity index (χ1v) is 9.79. The molecule has 1 aromatic carbocycles. The molecule has 3 rings (SSSR count). The Labute approximate surface area is 165 Å². The van der Waals surface area contributed by atoms with Gasteiger partial charge < -0.3 is 15.0 Å². The predicted molar refractivity (Wildman–Crippen MR) is 107 cm³/mol. The van der Waals surface area contributed by atoms with E-state index >= 15 is 0 Å². The van der Waals surface area contributed by atoms with E-state index in [1.54, 1.807) is 37.4 Å². The van der Waals surface area contributed by atoms with Gasteiger partial charge in [-0.05, 0) is 56.9 Å². The topological polar surface area (TPSA) is 84.4 Å². The quantitative estimate of drug-likeness (QED) is 0.765. The maximum atomic E-state index is 12.8. The standard InChI is InChI=1S/C21H26N4O3/c1-3-17-7-5-6-12-25(17)20(26)18-13-23-19(14-22-18)24-16-10-8-15(9-11-16)21(27)28-4-2/h8-11,13-14,17H,3-7,12H2,1-2H3,(H,23,24). The molecule has 0 radical (unpaired) electrons. The largest absolute Gasteiger partial charge is 0.462 e. The summed E-state index contributed by atoms with van der Waals surface area (Å²) in [5.41, 5.74) is 1.62. The highest BCUT2D eigenvalue weighted by Gasteiger charge is 2.27. The summed E-state index contributed by atoms with van der Waals surface area (Å²) in [7, 11) is 0. The van der Waals surface area contributed by atoms with E-state index in [1.807, 2.05) is 4.90 Å². The molecule has 148 valence electrons. The van der Waals surface area contributed by atoms with Crippen molar-refractivity contribution < 1.29 is 14.3 Å². The van der Waals surface area contributed by atoms with Gasteiger partial charge in [0.15, 0.2) is 0 Å². The van der Waals surface area contributed by atoms with Crippen LogP contribution in [0.2, 0.25) is 0 Å². The fourth-order valence-electron chi connectivity index (χ4n) is 3.39. The van der Waals surface area contributed by atoms with Crippen LogP contribution in [0.4, 0.5) is 11.5 Å². The summed E-state index contributed by atoms with van der Waals surface area (Å²) in [6.45, 7) is 5.01. The molecule has 1 aliphatic heterocycles. The first-order valence-electron chi connectivity index (χ1n) is 9.79. The number of aromatic nitrogens is 2. The molecule has 1 saturated heterocycles. The minimum atomic E-state index is -0.347. The molecule has 1 atom stereocenters. The van der Waals surface area contributed by atoms with Crippen LogP contribution in [0.15, 0.2) is 36.7 Å². The minimum Gasteiger partial charge on any atom is -0.462 e. The number of benzene rings is 1. The van der Waals surface area contributed by atoms with Crippen LogP contribution in [0.1, 0.15) is 60.4 Å². The van der Waals surface area contributed by atoms with Gasteiger partial charge in [0.1, 0.15) is 11.5 Å². The summed E-state index contributed by atoms with van der Waals surface area (Å²) < 4.78 is 4.97. The number of anilines is 2. The third kappa shape index (κ3) is 4.65. The van der Waals surface area contributed by atoms with Gasteiger partial charge in [0.2, 0.25) is 0 Å². The molecule has 0 spiro atoms. The number of piperidine rings is 1. The summed E-state index contributed by atoms with van der Waals surface area (Å²) in [5, 5.41) is 3.12. The van der Waals surface area contributed by atoms with Crippen molar-refractivity contribution in [1.29, 1.82) is 0 Å². The summed E-state index contributed by atoms with van der Waals surface area (Å²) in [6.07, 6.45) is 7.29. The normalized spacial score (nSPS) is 16.5. The van der Waals surface area contributed by atoms with Crippen molar-refractivity contribution >= 4 is 23.4 Å². The molecule has 0 saturated carbocycles. The molecule has 2 aromatic rings. The molecule has 1 N–H and O–H groups in total. The third-order valence-electron chi connectivity index (χ3n) is 4.90. The monoisotopic (exact) mass is 382 g/mol. The Kier molecular flexibility index (Phi) is 6.57. The van der Waals surface area contributed by atoms with Gasteiger partial charge in [0.25, 0.3) is 5.91 Å². The first kappa shape index (κ1) is 19.8. The van der Waals surface area contributed by atoms with Crippen molar-refractivity contribution in [2.45, 2.75) is 45.6 Å². The third-order valence-corrected chi connectivity index (χ3v) is 4.90. The summed E-state index contributed by atoms with van der Waals surface area (Å²) in [4.78, 5) is 35.0. The van der Waals surface area contributed by atoms with E-state index in [4.69, 9.17) is 4.74 Å². The lowest BCUT2D eigenvalue weighted by atomic mass is 10.00. The first-order chi connectivity index (χ1) is 13.6. The number of nitrogens with one attached hydrogen (secondary N) is 1. The van der Waals surface area contributed by atoms with Crippen molar-refractivity contribution in [2.24, 2.45) is 0 Å². The van der Waals surface area contributed by atoms with Gasteiger partial charge in [-0.15, -0.1) is 0 Å². The highest BCUT2D eigenvalue weighted by molar-refractivity contribution is 5.92. The van der Waals surface area contributed by atoms with E-state index in [0.29, 0.717) is 29.7 Å². The number of hydrogen-bond donors (Lipinski definition) is 1. The SMILES string of the molecule is CCOC(=O)c1ccc(Nc2cnc(C(=O)N3CCCCC3CC)cn2)cc1. The number of carbonyl (C=O) groups is 2. The van der Waals surface area contributed by atoms with E-state index in [1.165, 1.54) is 12.6 Å². The molecule has 28 heavy (non-hydrogen) atoms. The molecule has 0 bridgehead atoms. The van der Waals surface area contributed by atoms with E-state index in [2.05, 4.69) is 22.2 Å². The predicted octanol–water partition coefficient (Wildman–Crippen LogP) is 3.80. The maximum Gasteiger partial charge on any atom is 0.338 e. The second kappa shape index (κ2) is 9.30. The molecule has 0 aliphatic carbocycles. The zero-order valence-electron chi connectivity index (χ0n) is 16.4. The van der Waals surface area contributed by atoms with Gasteiger partial charge in [-0.2, -0.15) is 0 Å². The number of ether oxygens (including phenoxy) is 1. The van der Waals surface area contributed by atoms with Crippen LogP contribution in [0.25, 0.3) is 0 Å². The molecular weight excluding hydrogens is 356 g/mol. The molecule has 7 heteroatoms. The van der Waals surface area contributed by atoms with Crippen molar-refractivity contribution in [3.05, 3.63) is 47.9 Å². The van der Waals surface area contributed by atoms with Crippen molar-refractivity contribution in [3.63, 3.8) is 0 Å². The van der Waals surface area contributed by atoms with Crippen LogP contribution in [-0.2, 0) is 4.74 Å². The molecular formula is C21H26N4O3. The summed E-state index contributed by atoms with van der Waals surface area (Å²) in [5.74, 6) is 0.135. The fraction of sp³-hybridized carbons (Fsp3) is 0.429. The van der Waals surface area contributed by atoms with Gasteiger partial charge in [0, 0.05) is 18.3 Å². The summed E-state index contributed by atoms with van der Waals surface area (Å²) >= 11 is 0. The number of esters is 1. The van der Waals surface area contributed by atoms with Crippen LogP contribution >= 0.6 is 0 Å². The number of nitrogens with zero attached hydrogens (tertiary/aromatic N) is 3. The van der Waals surface area contributed by atoms with Gasteiger partial charge in [-0.1, -0.05) is 6.92 Å². The molecule has 1 fully saturated rings.